The normalized spacial score (nSPS) is 21.1. The molecule has 5 N–H and O–H groups in total. The number of likely N-dealkylation sites (tertiary alicyclic amines) is 2. The summed E-state index contributed by atoms with van der Waals surface area (Å²) in [5.74, 6) is -5.27. The molecule has 3 saturated heterocycles. The van der Waals surface area contributed by atoms with Crippen molar-refractivity contribution in [2.75, 3.05) is 124 Å². The van der Waals surface area contributed by atoms with E-state index in [9.17, 15) is 63.0 Å². The monoisotopic (exact) mass is 1770 g/mol. The van der Waals surface area contributed by atoms with Gasteiger partial charge >= 0.3 is 36.1 Å². The van der Waals surface area contributed by atoms with Crippen molar-refractivity contribution in [2.24, 2.45) is 17.8 Å². The van der Waals surface area contributed by atoms with Gasteiger partial charge in [0, 0.05) is 125 Å². The quantitative estimate of drug-likeness (QED) is 0.00901. The third-order valence-electron chi connectivity index (χ3n) is 21.9. The minimum atomic E-state index is -1.35. The Morgan fingerprint density at radius 1 is 0.524 bits per heavy atom. The molecule has 692 valence electrons. The predicted molar refractivity (Wildman–Crippen MR) is 455 cm³/mol. The van der Waals surface area contributed by atoms with Crippen LogP contribution in [0, 0.1) is 24.7 Å². The van der Waals surface area contributed by atoms with E-state index in [1.807, 2.05) is 20.8 Å². The largest absolute Gasteiger partial charge is 0.493 e. The van der Waals surface area contributed by atoms with Crippen LogP contribution in [0.2, 0.25) is 0 Å². The van der Waals surface area contributed by atoms with Crippen molar-refractivity contribution in [3.63, 3.8) is 0 Å². The fraction of sp³-hybridized carbons (Fsp3) is 0.571. The first-order chi connectivity index (χ1) is 60.3. The zero-order valence-electron chi connectivity index (χ0n) is 74.3. The summed E-state index contributed by atoms with van der Waals surface area (Å²) >= 11 is 0. The molecule has 126 heavy (non-hydrogen) atoms. The Bertz CT molecular complexity index is 4440. The third kappa shape index (κ3) is 29.4. The molecule has 4 aromatic rings. The standard InChI is InChI=1S/C91H123N5O30/c1-16-27-113-32-33-114-34-35-115-51-82(105)92-65(25-30-116-78-43-72(68(38-55(78)5)87(106)95-45-52(2)36-66(95)47-97)93-90(108)118-50-64-22-24-77(71(41-64)75(104)20-18-29-111-14)126-89-86(124-62(12)102)84(122-60(10)100)57(7)58(8)120-89)26-31-117-80-44-73(69(42-79(80)112-15)88(107)96-46-53(3)37-67(96)48-98)94-91(109)119-49-63-21-23-76(70(40-63)74(103)19-17-28-110-13)125-81-39-54(4)56(6)83(121-59(9)99)85(81)123-61(11)101/h21-24,38,40-44,54,56-58,65-67,81,83-86,89,97-98H,2-3,16-20,25-37,39,45-51H2,1,4-15H3,(H,92,105)(H,93,108)(H,94,109)/t54-,56+,57+,58+,65?,66-,67-,81+,83-,84-,85-,86+,89-/m0/s1. The number of carbonyl (C=O) groups is 11. The summed E-state index contributed by atoms with van der Waals surface area (Å²) < 4.78 is 99.5. The van der Waals surface area contributed by atoms with Crippen molar-refractivity contribution in [2.45, 2.75) is 208 Å². The summed E-state index contributed by atoms with van der Waals surface area (Å²) in [5, 5.41) is 29.3. The highest BCUT2D eigenvalue weighted by Crippen LogP contribution is 2.41. The fourth-order valence-electron chi connectivity index (χ4n) is 15.2. The number of ether oxygens (including phenoxy) is 17. The minimum absolute atomic E-state index is 0.00256. The number of rotatable bonds is 48. The number of carbonyl (C=O) groups excluding carboxylic acids is 11. The van der Waals surface area contributed by atoms with E-state index in [4.69, 9.17) is 80.5 Å². The van der Waals surface area contributed by atoms with Crippen molar-refractivity contribution in [3.05, 3.63) is 124 Å². The summed E-state index contributed by atoms with van der Waals surface area (Å²) in [6.07, 6.45) is -6.25. The molecule has 35 heteroatoms. The van der Waals surface area contributed by atoms with Crippen LogP contribution in [0.1, 0.15) is 185 Å². The smallest absolute Gasteiger partial charge is 0.411 e. The highest BCUT2D eigenvalue weighted by atomic mass is 16.7. The molecule has 1 saturated carbocycles. The average molecular weight is 1770 g/mol. The molecule has 5 amide bonds. The van der Waals surface area contributed by atoms with Crippen LogP contribution in [0.4, 0.5) is 21.0 Å². The molecule has 1 unspecified atom stereocenters. The lowest BCUT2D eigenvalue weighted by Crippen LogP contribution is -2.57. The summed E-state index contributed by atoms with van der Waals surface area (Å²) in [4.78, 5) is 153. The van der Waals surface area contributed by atoms with Gasteiger partial charge in [-0.25, -0.2) is 9.59 Å². The van der Waals surface area contributed by atoms with Crippen molar-refractivity contribution in [1.82, 2.24) is 15.1 Å². The first-order valence-electron chi connectivity index (χ1n) is 42.5. The average Bonchev–Trinajstić information content (AvgIpc) is 1.31. The van der Waals surface area contributed by atoms with Gasteiger partial charge in [0.15, 0.2) is 29.2 Å². The number of benzene rings is 4. The Morgan fingerprint density at radius 3 is 1.49 bits per heavy atom. The highest BCUT2D eigenvalue weighted by molar-refractivity contribution is 6.05. The van der Waals surface area contributed by atoms with E-state index in [0.717, 1.165) is 6.42 Å². The lowest BCUT2D eigenvalue weighted by molar-refractivity contribution is -0.263. The first kappa shape index (κ1) is 101. The van der Waals surface area contributed by atoms with E-state index in [1.54, 1.807) is 26.8 Å². The van der Waals surface area contributed by atoms with Crippen LogP contribution in [-0.4, -0.2) is 260 Å². The number of anilines is 2. The minimum Gasteiger partial charge on any atom is -0.493 e. The van der Waals surface area contributed by atoms with Gasteiger partial charge in [0.05, 0.1) is 112 Å². The molecule has 0 bridgehead atoms. The second kappa shape index (κ2) is 49.9. The summed E-state index contributed by atoms with van der Waals surface area (Å²) in [6.45, 7) is 24.0. The maximum atomic E-state index is 14.7. The van der Waals surface area contributed by atoms with Crippen molar-refractivity contribution in [1.29, 1.82) is 0 Å². The molecule has 0 radical (unpaired) electrons. The maximum Gasteiger partial charge on any atom is 0.411 e. The van der Waals surface area contributed by atoms with Crippen molar-refractivity contribution >= 4 is 76.7 Å². The number of hydrogen-bond donors (Lipinski definition) is 5. The number of Topliss-reactive ketones (excluding diaryl/α,β-unsaturated/α-hetero) is 2. The Labute approximate surface area is 734 Å². The highest BCUT2D eigenvalue weighted by Gasteiger charge is 2.50. The van der Waals surface area contributed by atoms with Gasteiger partial charge in [0.1, 0.15) is 55.4 Å². The molecular formula is C91H123N5O30. The molecule has 0 aromatic heterocycles. The topological polar surface area (TPSA) is 428 Å². The molecule has 13 atom stereocenters. The SMILES string of the molecule is C=C1C[C@@H](CO)N(C(=O)c2cc(C)c(OCCC(CCOc3cc(NC(=O)OCc4ccc(O[C@@H]5C[C@H](C)[C@@H](C)[C@H](OC(C)=O)[C@H]5OC(C)=O)c(C(=O)CCCOC)c4)c(C(=O)N4CC(=C)C[C@H]4CO)cc3OC)NC(=O)COCCOCCOCCC)cc2NC(=O)OCc2ccc(O[C@@H]3O[C@H](C)[C@@H](C)[C@H](OC(C)=O)[C@H]3OC(C)=O)c(C(=O)CCCOC)c2)C1. The number of aryl methyl sites for hydroxylation is 1. The predicted octanol–water partition coefficient (Wildman–Crippen LogP) is 10.3. The van der Waals surface area contributed by atoms with Gasteiger partial charge in [-0.15, -0.1) is 0 Å². The second-order valence-electron chi connectivity index (χ2n) is 31.8. The number of nitrogens with one attached hydrogen (secondary N) is 3. The van der Waals surface area contributed by atoms with E-state index in [-0.39, 0.29) is 177 Å². The number of aliphatic hydroxyl groups is 2. The van der Waals surface area contributed by atoms with Crippen LogP contribution in [0.25, 0.3) is 0 Å². The molecule has 8 rings (SSSR count). The molecule has 35 nitrogen and oxygen atoms in total. The number of nitrogens with zero attached hydrogens (tertiary/aromatic N) is 2. The Balaban J connectivity index is 1.04. The molecule has 4 aliphatic rings. The number of esters is 4. The summed E-state index contributed by atoms with van der Waals surface area (Å²) in [5.41, 5.74) is 2.42. The van der Waals surface area contributed by atoms with Crippen LogP contribution in [0.3, 0.4) is 0 Å². The number of methoxy groups -OCH3 is 3. The first-order valence-corrected chi connectivity index (χ1v) is 42.5. The van der Waals surface area contributed by atoms with Crippen LogP contribution in [0.5, 0.6) is 28.7 Å². The van der Waals surface area contributed by atoms with Crippen LogP contribution in [-0.2, 0) is 94.0 Å². The number of aliphatic hydroxyl groups excluding tert-OH is 2. The summed E-state index contributed by atoms with van der Waals surface area (Å²) in [7, 11) is 4.35. The van der Waals surface area contributed by atoms with Gasteiger partial charge in [-0.2, -0.15) is 0 Å². The van der Waals surface area contributed by atoms with Crippen molar-refractivity contribution < 1.29 is 143 Å². The van der Waals surface area contributed by atoms with Gasteiger partial charge in [-0.3, -0.25) is 53.8 Å². The fourth-order valence-corrected chi connectivity index (χ4v) is 15.2. The maximum absolute atomic E-state index is 14.7. The zero-order valence-corrected chi connectivity index (χ0v) is 74.3. The molecule has 4 fully saturated rings. The van der Waals surface area contributed by atoms with Crippen LogP contribution >= 0.6 is 0 Å². The molecule has 3 heterocycles. The van der Waals surface area contributed by atoms with Gasteiger partial charge < -0.3 is 106 Å². The molecular weight excluding hydrogens is 1640 g/mol. The van der Waals surface area contributed by atoms with Gasteiger partial charge in [0.2, 0.25) is 18.3 Å². The summed E-state index contributed by atoms with van der Waals surface area (Å²) in [6, 6.07) is 12.8. The van der Waals surface area contributed by atoms with Gasteiger partial charge in [0.25, 0.3) is 11.8 Å². The lowest BCUT2D eigenvalue weighted by atomic mass is 9.76. The zero-order chi connectivity index (χ0) is 91.8. The van der Waals surface area contributed by atoms with E-state index >= 15 is 0 Å². The van der Waals surface area contributed by atoms with E-state index < -0.39 is 141 Å². The number of hydrogen-bond acceptors (Lipinski definition) is 30. The molecule has 1 aliphatic carbocycles. The molecule has 0 spiro atoms. The Kier molecular flexibility index (Phi) is 39.9. The van der Waals surface area contributed by atoms with Crippen molar-refractivity contribution in [3.8, 4) is 28.7 Å². The second-order valence-corrected chi connectivity index (χ2v) is 31.8. The molecule has 4 aromatic carbocycles. The van der Waals surface area contributed by atoms with E-state index in [2.05, 4.69) is 29.1 Å². The lowest BCUT2D eigenvalue weighted by Gasteiger charge is -2.43. The van der Waals surface area contributed by atoms with E-state index in [0.29, 0.717) is 79.8 Å². The van der Waals surface area contributed by atoms with Gasteiger partial charge in [-0.05, 0) is 117 Å². The van der Waals surface area contributed by atoms with Crippen LogP contribution in [0.15, 0.2) is 85.0 Å². The Hall–Kier alpha value is -10.8. The van der Waals surface area contributed by atoms with Gasteiger partial charge in [-0.1, -0.05) is 64.1 Å². The number of ketones is 2. The third-order valence-corrected chi connectivity index (χ3v) is 21.9. The molecule has 3 aliphatic heterocycles. The van der Waals surface area contributed by atoms with Crippen LogP contribution < -0.4 is 39.6 Å². The number of amides is 5. The Morgan fingerprint density at radius 2 is 0.992 bits per heavy atom. The van der Waals surface area contributed by atoms with E-state index in [1.165, 1.54) is 113 Å².